The summed E-state index contributed by atoms with van der Waals surface area (Å²) < 4.78 is 46.8. The topological polar surface area (TPSA) is 34.1 Å². The highest BCUT2D eigenvalue weighted by molar-refractivity contribution is 7.91. The van der Waals surface area contributed by atoms with E-state index in [1.54, 1.807) is 0 Å². The molecule has 0 atom stereocenters. The third kappa shape index (κ3) is 2.77. The molecule has 0 N–H and O–H groups in total. The minimum atomic E-state index is -3.57. The summed E-state index contributed by atoms with van der Waals surface area (Å²) in [7, 11) is -3.57. The molecule has 1 rings (SSSR count). The second kappa shape index (κ2) is 3.41. The van der Waals surface area contributed by atoms with Gasteiger partial charge in [0.25, 0.3) is 0 Å². The molecule has 0 amide bonds. The Morgan fingerprint density at radius 1 is 1.31 bits per heavy atom. The average molecular weight is 205 g/mol. The molecule has 71 valence electrons. The lowest BCUT2D eigenvalue weighted by atomic mass is 10.2. The molecule has 1 radical (unpaired) electrons. The summed E-state index contributed by atoms with van der Waals surface area (Å²) in [6, 6.07) is 3.38. The Morgan fingerprint density at radius 2 is 1.92 bits per heavy atom. The van der Waals surface area contributed by atoms with Crippen molar-refractivity contribution >= 4 is 9.84 Å². The minimum absolute atomic E-state index is 0.199. The van der Waals surface area contributed by atoms with Gasteiger partial charge in [0.2, 0.25) is 0 Å². The highest BCUT2D eigenvalue weighted by atomic mass is 32.2. The lowest BCUT2D eigenvalue weighted by molar-refractivity contribution is 0.501. The van der Waals surface area contributed by atoms with Gasteiger partial charge in [-0.2, -0.15) is 0 Å². The zero-order chi connectivity index (χ0) is 10.1. The van der Waals surface area contributed by atoms with Crippen molar-refractivity contribution in [1.82, 2.24) is 0 Å². The molecule has 0 aliphatic carbocycles. The van der Waals surface area contributed by atoms with Crippen molar-refractivity contribution in [3.05, 3.63) is 41.7 Å². The summed E-state index contributed by atoms with van der Waals surface area (Å²) in [5, 5.41) is 0. The van der Waals surface area contributed by atoms with Gasteiger partial charge in [-0.25, -0.2) is 17.2 Å². The molecule has 1 aromatic rings. The third-order valence-electron chi connectivity index (χ3n) is 1.41. The summed E-state index contributed by atoms with van der Waals surface area (Å²) in [6.07, 6.45) is 2.82. The molecule has 0 aliphatic heterocycles. The number of sulfone groups is 1. The molecular formula is C8H7F2O2S. The lowest BCUT2D eigenvalue weighted by Crippen LogP contribution is -2.02. The van der Waals surface area contributed by atoms with Crippen molar-refractivity contribution in [3.8, 4) is 0 Å². The first-order valence-electron chi connectivity index (χ1n) is 3.39. The van der Waals surface area contributed by atoms with E-state index in [-0.39, 0.29) is 5.56 Å². The van der Waals surface area contributed by atoms with Crippen molar-refractivity contribution in [2.75, 3.05) is 0 Å². The Labute approximate surface area is 75.1 Å². The summed E-state index contributed by atoms with van der Waals surface area (Å²) in [5.41, 5.74) is -0.199. The van der Waals surface area contributed by atoms with Crippen LogP contribution >= 0.6 is 0 Å². The van der Waals surface area contributed by atoms with E-state index in [1.165, 1.54) is 12.1 Å². The van der Waals surface area contributed by atoms with Gasteiger partial charge in [0.15, 0.2) is 21.5 Å². The monoisotopic (exact) mass is 205 g/mol. The summed E-state index contributed by atoms with van der Waals surface area (Å²) >= 11 is 0. The summed E-state index contributed by atoms with van der Waals surface area (Å²) in [4.78, 5) is 0. The zero-order valence-corrected chi connectivity index (χ0v) is 7.44. The van der Waals surface area contributed by atoms with Crippen LogP contribution in [0.4, 0.5) is 8.78 Å². The molecule has 0 aliphatic rings. The van der Waals surface area contributed by atoms with Crippen LogP contribution in [0.25, 0.3) is 0 Å². The van der Waals surface area contributed by atoms with Crippen LogP contribution in [-0.2, 0) is 15.6 Å². The maximum atomic E-state index is 12.9. The number of hydrogen-bond donors (Lipinski definition) is 0. The molecule has 0 unspecified atom stereocenters. The van der Waals surface area contributed by atoms with E-state index in [0.29, 0.717) is 0 Å². The van der Waals surface area contributed by atoms with E-state index < -0.39 is 27.2 Å². The van der Waals surface area contributed by atoms with Crippen LogP contribution in [0.3, 0.4) is 0 Å². The molecule has 5 heteroatoms. The van der Waals surface area contributed by atoms with E-state index in [1.807, 2.05) is 0 Å². The molecule has 0 bridgehead atoms. The normalized spacial score (nSPS) is 11.6. The van der Waals surface area contributed by atoms with Gasteiger partial charge in [-0.15, -0.1) is 0 Å². The molecule has 0 aromatic heterocycles. The fourth-order valence-corrected chi connectivity index (χ4v) is 1.59. The smallest absolute Gasteiger partial charge is 0.163 e. The number of halogens is 2. The van der Waals surface area contributed by atoms with Crippen LogP contribution in [0.2, 0.25) is 0 Å². The predicted octanol–water partition coefficient (Wildman–Crippen LogP) is 1.67. The van der Waals surface area contributed by atoms with Crippen LogP contribution in [0.15, 0.2) is 18.2 Å². The molecule has 2 nitrogen and oxygen atoms in total. The first-order chi connectivity index (χ1) is 5.90. The van der Waals surface area contributed by atoms with E-state index >= 15 is 0 Å². The van der Waals surface area contributed by atoms with Crippen molar-refractivity contribution in [2.24, 2.45) is 0 Å². The molecule has 13 heavy (non-hydrogen) atoms. The van der Waals surface area contributed by atoms with Gasteiger partial charge in [-0.1, -0.05) is 12.1 Å². The second-order valence-corrected chi connectivity index (χ2v) is 4.38. The standard InChI is InChI=1S/C8H7F2O2S/c1-13(11,12)5-6-3-2-4-7(9)8(6)10/h2-4H,1,5H2. The Balaban J connectivity index is 3.10. The highest BCUT2D eigenvalue weighted by Gasteiger charge is 2.12. The van der Waals surface area contributed by atoms with Crippen LogP contribution in [0.5, 0.6) is 0 Å². The molecular weight excluding hydrogens is 198 g/mol. The van der Waals surface area contributed by atoms with Gasteiger partial charge in [0, 0.05) is 5.56 Å². The zero-order valence-electron chi connectivity index (χ0n) is 6.63. The largest absolute Gasteiger partial charge is 0.228 e. The molecule has 0 saturated carbocycles. The molecule has 0 fully saturated rings. The Morgan fingerprint density at radius 3 is 2.46 bits per heavy atom. The molecule has 1 aromatic carbocycles. The Hall–Kier alpha value is -0.970. The number of benzene rings is 1. The minimum Gasteiger partial charge on any atom is -0.228 e. The van der Waals surface area contributed by atoms with Crippen molar-refractivity contribution in [2.45, 2.75) is 5.75 Å². The first kappa shape index (κ1) is 10.1. The predicted molar refractivity (Wildman–Crippen MR) is 44.3 cm³/mol. The van der Waals surface area contributed by atoms with Gasteiger partial charge in [0.1, 0.15) is 0 Å². The van der Waals surface area contributed by atoms with Crippen LogP contribution < -0.4 is 0 Å². The molecule has 0 saturated heterocycles. The Bertz CT molecular complexity index is 412. The van der Waals surface area contributed by atoms with Crippen molar-refractivity contribution in [1.29, 1.82) is 0 Å². The Kier molecular flexibility index (Phi) is 2.66. The van der Waals surface area contributed by atoms with Crippen molar-refractivity contribution < 1.29 is 17.2 Å². The lowest BCUT2D eigenvalue weighted by Gasteiger charge is -2.01. The quantitative estimate of drug-likeness (QED) is 0.736. The van der Waals surface area contributed by atoms with Crippen LogP contribution in [0.1, 0.15) is 5.56 Å². The first-order valence-corrected chi connectivity index (χ1v) is 5.21. The average Bonchev–Trinajstić information content (AvgIpc) is 1.96. The van der Waals surface area contributed by atoms with Gasteiger partial charge in [-0.3, -0.25) is 0 Å². The summed E-state index contributed by atoms with van der Waals surface area (Å²) in [6.45, 7) is 0. The summed E-state index contributed by atoms with van der Waals surface area (Å²) in [5.74, 6) is -2.77. The van der Waals surface area contributed by atoms with Gasteiger partial charge in [-0.05, 0) is 6.07 Å². The van der Waals surface area contributed by atoms with E-state index in [9.17, 15) is 17.2 Å². The maximum Gasteiger partial charge on any atom is 0.163 e. The van der Waals surface area contributed by atoms with Gasteiger partial charge >= 0.3 is 0 Å². The van der Waals surface area contributed by atoms with Crippen LogP contribution in [0, 0.1) is 17.9 Å². The van der Waals surface area contributed by atoms with Crippen molar-refractivity contribution in [3.63, 3.8) is 0 Å². The van der Waals surface area contributed by atoms with E-state index in [2.05, 4.69) is 6.26 Å². The van der Waals surface area contributed by atoms with E-state index in [0.717, 1.165) is 6.07 Å². The van der Waals surface area contributed by atoms with Gasteiger partial charge < -0.3 is 0 Å². The van der Waals surface area contributed by atoms with E-state index in [4.69, 9.17) is 0 Å². The highest BCUT2D eigenvalue weighted by Crippen LogP contribution is 2.13. The maximum absolute atomic E-state index is 12.9. The SMILES string of the molecule is [CH2]S(=O)(=O)Cc1cccc(F)c1F. The molecule has 0 heterocycles. The second-order valence-electron chi connectivity index (χ2n) is 2.60. The fourth-order valence-electron chi connectivity index (χ4n) is 0.897. The van der Waals surface area contributed by atoms with Crippen LogP contribution in [-0.4, -0.2) is 8.42 Å². The third-order valence-corrected chi connectivity index (χ3v) is 2.16. The van der Waals surface area contributed by atoms with Gasteiger partial charge in [0.05, 0.1) is 12.0 Å². The number of hydrogen-bond acceptors (Lipinski definition) is 2. The number of rotatable bonds is 2. The fraction of sp³-hybridized carbons (Fsp3) is 0.125. The molecule has 0 spiro atoms.